The molecule has 1 heterocycles. The van der Waals surface area contributed by atoms with Crippen LogP contribution in [0.1, 0.15) is 47.9 Å². The number of nitrogens with zero attached hydrogens (tertiary/aromatic N) is 1. The number of benzene rings is 1. The van der Waals surface area contributed by atoms with Crippen molar-refractivity contribution >= 4 is 23.7 Å². The van der Waals surface area contributed by atoms with Crippen LogP contribution in [-0.4, -0.2) is 23.3 Å². The molecule has 0 saturated heterocycles. The minimum absolute atomic E-state index is 0.139. The normalized spacial score (nSPS) is 12.1. The number of ether oxygens (including phenoxy) is 1. The summed E-state index contributed by atoms with van der Waals surface area (Å²) in [6.07, 6.45) is 3.29. The summed E-state index contributed by atoms with van der Waals surface area (Å²) in [4.78, 5) is 33.5. The van der Waals surface area contributed by atoms with E-state index in [-0.39, 0.29) is 18.2 Å². The Morgan fingerprint density at radius 3 is 2.50 bits per heavy atom. The molecule has 0 aliphatic rings. The van der Waals surface area contributed by atoms with Crippen molar-refractivity contribution in [1.82, 2.24) is 0 Å². The molecule has 2 aromatic rings. The number of Topliss-reactive ketones (excluding diaryl/α,β-unsaturated/α-hetero) is 1. The number of carbonyl (C=O) groups is 2. The molecule has 136 valence electrons. The summed E-state index contributed by atoms with van der Waals surface area (Å²) in [7, 11) is 0. The standard InChI is InChI=1S/C19H19NO6/c1-3-13(2)14-4-6-15(7-5-14)17(21)12-25-19(22)11-9-16-8-10-18(26-16)20(23)24/h4-11,13H,3,12H2,1-2H3/b11-9+/t13-/m1/s1. The van der Waals surface area contributed by atoms with Crippen molar-refractivity contribution in [2.75, 3.05) is 6.61 Å². The van der Waals surface area contributed by atoms with Crippen LogP contribution in [0.4, 0.5) is 5.88 Å². The fraction of sp³-hybridized carbons (Fsp3) is 0.263. The average Bonchev–Trinajstić information content (AvgIpc) is 3.13. The summed E-state index contributed by atoms with van der Waals surface area (Å²) in [6.45, 7) is 3.82. The Kier molecular flexibility index (Phi) is 6.43. The van der Waals surface area contributed by atoms with Gasteiger partial charge in [0.1, 0.15) is 10.7 Å². The van der Waals surface area contributed by atoms with Crippen molar-refractivity contribution in [3.05, 3.63) is 69.5 Å². The van der Waals surface area contributed by atoms with Gasteiger partial charge in [-0.2, -0.15) is 0 Å². The Hall–Kier alpha value is -3.22. The monoisotopic (exact) mass is 357 g/mol. The van der Waals surface area contributed by atoms with Crippen molar-refractivity contribution in [3.63, 3.8) is 0 Å². The molecule has 0 bridgehead atoms. The minimum Gasteiger partial charge on any atom is -0.454 e. The summed E-state index contributed by atoms with van der Waals surface area (Å²) < 4.78 is 9.75. The van der Waals surface area contributed by atoms with Crippen molar-refractivity contribution in [3.8, 4) is 0 Å². The molecule has 0 saturated carbocycles. The van der Waals surface area contributed by atoms with Crippen LogP contribution in [0.5, 0.6) is 0 Å². The first kappa shape index (κ1) is 19.1. The molecule has 0 amide bonds. The van der Waals surface area contributed by atoms with Crippen LogP contribution in [-0.2, 0) is 9.53 Å². The molecule has 0 fully saturated rings. The van der Waals surface area contributed by atoms with Crippen LogP contribution in [0.3, 0.4) is 0 Å². The molecule has 7 nitrogen and oxygen atoms in total. The molecule has 0 unspecified atom stereocenters. The van der Waals surface area contributed by atoms with E-state index in [2.05, 4.69) is 13.8 Å². The Balaban J connectivity index is 1.86. The molecule has 0 aliphatic heterocycles. The lowest BCUT2D eigenvalue weighted by molar-refractivity contribution is -0.402. The summed E-state index contributed by atoms with van der Waals surface area (Å²) in [6, 6.07) is 9.76. The van der Waals surface area contributed by atoms with Crippen molar-refractivity contribution in [2.24, 2.45) is 0 Å². The number of hydrogen-bond acceptors (Lipinski definition) is 6. The predicted molar refractivity (Wildman–Crippen MR) is 94.8 cm³/mol. The Morgan fingerprint density at radius 2 is 1.92 bits per heavy atom. The summed E-state index contributed by atoms with van der Waals surface area (Å²) in [5, 5.41) is 10.5. The van der Waals surface area contributed by atoms with E-state index in [0.29, 0.717) is 11.5 Å². The van der Waals surface area contributed by atoms with Gasteiger partial charge in [0.2, 0.25) is 0 Å². The largest absolute Gasteiger partial charge is 0.454 e. The third-order valence-electron chi connectivity index (χ3n) is 3.94. The van der Waals surface area contributed by atoms with Crippen LogP contribution < -0.4 is 0 Å². The molecular weight excluding hydrogens is 338 g/mol. The smallest absolute Gasteiger partial charge is 0.433 e. The highest BCUT2D eigenvalue weighted by molar-refractivity contribution is 5.98. The molecule has 0 aliphatic carbocycles. The maximum absolute atomic E-state index is 12.1. The Labute approximate surface area is 150 Å². The van der Waals surface area contributed by atoms with Crippen molar-refractivity contribution in [2.45, 2.75) is 26.2 Å². The molecule has 2 rings (SSSR count). The predicted octanol–water partition coefficient (Wildman–Crippen LogP) is 4.14. The molecule has 1 aromatic heterocycles. The van der Waals surface area contributed by atoms with Gasteiger partial charge in [0.25, 0.3) is 0 Å². The second-order valence-corrected chi connectivity index (χ2v) is 5.73. The third kappa shape index (κ3) is 5.14. The average molecular weight is 357 g/mol. The Bertz CT molecular complexity index is 819. The van der Waals surface area contributed by atoms with E-state index < -0.39 is 16.8 Å². The van der Waals surface area contributed by atoms with Gasteiger partial charge < -0.3 is 9.15 Å². The van der Waals surface area contributed by atoms with Crippen molar-refractivity contribution < 1.29 is 23.7 Å². The van der Waals surface area contributed by atoms with E-state index in [1.54, 1.807) is 12.1 Å². The minimum atomic E-state index is -0.742. The van der Waals surface area contributed by atoms with Gasteiger partial charge in [-0.15, -0.1) is 0 Å². The quantitative estimate of drug-likeness (QED) is 0.231. The maximum atomic E-state index is 12.1. The zero-order valence-electron chi connectivity index (χ0n) is 14.5. The number of furan rings is 1. The molecule has 1 atom stereocenters. The van der Waals surface area contributed by atoms with Gasteiger partial charge in [-0.3, -0.25) is 14.9 Å². The third-order valence-corrected chi connectivity index (χ3v) is 3.94. The summed E-state index contributed by atoms with van der Waals surface area (Å²) in [5.41, 5.74) is 1.62. The number of carbonyl (C=O) groups excluding carboxylic acids is 2. The molecule has 1 aromatic carbocycles. The van der Waals surface area contributed by atoms with E-state index in [1.165, 1.54) is 18.2 Å². The van der Waals surface area contributed by atoms with Gasteiger partial charge in [0.15, 0.2) is 12.4 Å². The molecule has 0 spiro atoms. The fourth-order valence-electron chi connectivity index (χ4n) is 2.18. The van der Waals surface area contributed by atoms with Gasteiger partial charge in [0.05, 0.1) is 6.07 Å². The van der Waals surface area contributed by atoms with E-state index in [1.807, 2.05) is 12.1 Å². The first-order chi connectivity index (χ1) is 12.4. The number of rotatable bonds is 8. The van der Waals surface area contributed by atoms with E-state index in [0.717, 1.165) is 18.1 Å². The molecule has 0 N–H and O–H groups in total. The molecule has 0 radical (unpaired) electrons. The molecule has 7 heteroatoms. The lowest BCUT2D eigenvalue weighted by atomic mass is 9.97. The second kappa shape index (κ2) is 8.75. The van der Waals surface area contributed by atoms with Crippen LogP contribution in [0.2, 0.25) is 0 Å². The highest BCUT2D eigenvalue weighted by Gasteiger charge is 2.12. The second-order valence-electron chi connectivity index (χ2n) is 5.73. The molecular formula is C19H19NO6. The van der Waals surface area contributed by atoms with Gasteiger partial charge >= 0.3 is 11.9 Å². The highest BCUT2D eigenvalue weighted by atomic mass is 16.6. The number of esters is 1. The van der Waals surface area contributed by atoms with Crippen LogP contribution in [0.15, 0.2) is 46.9 Å². The first-order valence-corrected chi connectivity index (χ1v) is 8.13. The fourth-order valence-corrected chi connectivity index (χ4v) is 2.18. The van der Waals surface area contributed by atoms with Crippen LogP contribution in [0, 0.1) is 10.1 Å². The number of nitro groups is 1. The van der Waals surface area contributed by atoms with E-state index >= 15 is 0 Å². The molecule has 26 heavy (non-hydrogen) atoms. The van der Waals surface area contributed by atoms with Gasteiger partial charge in [-0.05, 0) is 30.0 Å². The number of ketones is 1. The summed E-state index contributed by atoms with van der Waals surface area (Å²) >= 11 is 0. The lowest BCUT2D eigenvalue weighted by Crippen LogP contribution is -2.12. The van der Waals surface area contributed by atoms with Gasteiger partial charge in [-0.1, -0.05) is 38.1 Å². The summed E-state index contributed by atoms with van der Waals surface area (Å²) in [5.74, 6) is -0.918. The zero-order valence-corrected chi connectivity index (χ0v) is 14.5. The highest BCUT2D eigenvalue weighted by Crippen LogP contribution is 2.19. The van der Waals surface area contributed by atoms with Crippen LogP contribution in [0.25, 0.3) is 6.08 Å². The zero-order chi connectivity index (χ0) is 19.1. The lowest BCUT2D eigenvalue weighted by Gasteiger charge is -2.09. The first-order valence-electron chi connectivity index (χ1n) is 8.13. The number of hydrogen-bond donors (Lipinski definition) is 0. The SMILES string of the molecule is CC[C@@H](C)c1ccc(C(=O)COC(=O)/C=C/c2ccc([N+](=O)[O-])o2)cc1. The van der Waals surface area contributed by atoms with Crippen LogP contribution >= 0.6 is 0 Å². The van der Waals surface area contributed by atoms with E-state index in [4.69, 9.17) is 9.15 Å². The van der Waals surface area contributed by atoms with Gasteiger partial charge in [-0.25, -0.2) is 4.79 Å². The van der Waals surface area contributed by atoms with Crippen molar-refractivity contribution in [1.29, 1.82) is 0 Å². The Morgan fingerprint density at radius 1 is 1.23 bits per heavy atom. The topological polar surface area (TPSA) is 99.7 Å². The van der Waals surface area contributed by atoms with Gasteiger partial charge in [0, 0.05) is 11.6 Å². The van der Waals surface area contributed by atoms with E-state index in [9.17, 15) is 19.7 Å². The maximum Gasteiger partial charge on any atom is 0.433 e.